The van der Waals surface area contributed by atoms with Gasteiger partial charge in [0.1, 0.15) is 0 Å². The third kappa shape index (κ3) is 5.57. The summed E-state index contributed by atoms with van der Waals surface area (Å²) in [5.41, 5.74) is 5.40. The van der Waals surface area contributed by atoms with Crippen LogP contribution in [0.4, 0.5) is 0 Å². The first kappa shape index (κ1) is 16.6. The quantitative estimate of drug-likeness (QED) is 0.370. The average Bonchev–Trinajstić information content (AvgIpc) is 2.32. The van der Waals surface area contributed by atoms with E-state index in [2.05, 4.69) is 39.8 Å². The van der Waals surface area contributed by atoms with Crippen molar-refractivity contribution < 1.29 is 0 Å². The van der Waals surface area contributed by atoms with Crippen LogP contribution in [0.1, 0.15) is 79.5 Å². The molecule has 1 aromatic rings. The Kier molecular flexibility index (Phi) is 7.53. The molecular weight excluding hydrogens is 252 g/mol. The first-order valence-corrected chi connectivity index (χ1v) is 8.21. The number of benzene rings is 1. The summed E-state index contributed by atoms with van der Waals surface area (Å²) < 4.78 is 0. The highest BCUT2D eigenvalue weighted by Crippen LogP contribution is 2.32. The van der Waals surface area contributed by atoms with Crippen LogP contribution < -0.4 is 0 Å². The lowest BCUT2D eigenvalue weighted by molar-refractivity contribution is 0.583. The lowest BCUT2D eigenvalue weighted by Gasteiger charge is -2.16. The van der Waals surface area contributed by atoms with Gasteiger partial charge in [-0.3, -0.25) is 0 Å². The zero-order valence-corrected chi connectivity index (χ0v) is 13.8. The summed E-state index contributed by atoms with van der Waals surface area (Å²) in [6.45, 7) is 8.79. The van der Waals surface area contributed by atoms with Gasteiger partial charge < -0.3 is 0 Å². The highest BCUT2D eigenvalue weighted by molar-refractivity contribution is 6.21. The average molecular weight is 281 g/mol. The van der Waals surface area contributed by atoms with Crippen LogP contribution >= 0.6 is 11.6 Å². The Morgan fingerprint density at radius 3 is 2.00 bits per heavy atom. The number of halogens is 1. The van der Waals surface area contributed by atoms with Crippen molar-refractivity contribution in [2.24, 2.45) is 0 Å². The van der Waals surface area contributed by atoms with E-state index in [9.17, 15) is 0 Å². The molecule has 1 heteroatoms. The van der Waals surface area contributed by atoms with Crippen LogP contribution in [0.25, 0.3) is 0 Å². The van der Waals surface area contributed by atoms with Gasteiger partial charge in [0.05, 0.1) is 5.38 Å². The SMILES string of the molecule is CCCCCCCCC(Cl)c1c(C)cc(C)cc1C. The molecule has 1 unspecified atom stereocenters. The van der Waals surface area contributed by atoms with Gasteiger partial charge in [-0.25, -0.2) is 0 Å². The molecule has 0 nitrogen and oxygen atoms in total. The topological polar surface area (TPSA) is 0 Å². The number of hydrogen-bond donors (Lipinski definition) is 0. The molecular formula is C18H29Cl. The molecule has 0 aliphatic rings. The van der Waals surface area contributed by atoms with Crippen LogP contribution in [-0.4, -0.2) is 0 Å². The maximum Gasteiger partial charge on any atom is 0.0590 e. The summed E-state index contributed by atoms with van der Waals surface area (Å²) in [6, 6.07) is 4.50. The zero-order valence-electron chi connectivity index (χ0n) is 13.1. The Morgan fingerprint density at radius 1 is 0.895 bits per heavy atom. The molecule has 0 spiro atoms. The summed E-state index contributed by atoms with van der Waals surface area (Å²) in [5, 5.41) is 0.187. The second-order valence-corrected chi connectivity index (χ2v) is 6.36. The summed E-state index contributed by atoms with van der Waals surface area (Å²) in [4.78, 5) is 0. The Bertz CT molecular complexity index is 358. The van der Waals surface area contributed by atoms with Crippen LogP contribution in [0.2, 0.25) is 0 Å². The third-order valence-corrected chi connectivity index (χ3v) is 4.30. The van der Waals surface area contributed by atoms with E-state index in [4.69, 9.17) is 11.6 Å². The fourth-order valence-electron chi connectivity index (χ4n) is 2.93. The van der Waals surface area contributed by atoms with Gasteiger partial charge in [0.25, 0.3) is 0 Å². The molecule has 0 radical (unpaired) electrons. The Morgan fingerprint density at radius 2 is 1.42 bits per heavy atom. The number of hydrogen-bond acceptors (Lipinski definition) is 0. The van der Waals surface area contributed by atoms with E-state index in [0.717, 1.165) is 6.42 Å². The minimum atomic E-state index is 0.187. The molecule has 0 aromatic heterocycles. The van der Waals surface area contributed by atoms with Crippen molar-refractivity contribution in [2.45, 2.75) is 78.0 Å². The van der Waals surface area contributed by atoms with Crippen molar-refractivity contribution in [3.63, 3.8) is 0 Å². The number of alkyl halides is 1. The van der Waals surface area contributed by atoms with Gasteiger partial charge >= 0.3 is 0 Å². The fraction of sp³-hybridized carbons (Fsp3) is 0.667. The van der Waals surface area contributed by atoms with Crippen molar-refractivity contribution in [2.75, 3.05) is 0 Å². The molecule has 0 saturated heterocycles. The monoisotopic (exact) mass is 280 g/mol. The summed E-state index contributed by atoms with van der Waals surface area (Å²) in [7, 11) is 0. The van der Waals surface area contributed by atoms with Crippen LogP contribution in [0.3, 0.4) is 0 Å². The van der Waals surface area contributed by atoms with Gasteiger partial charge in [0.15, 0.2) is 0 Å². The Hall–Kier alpha value is -0.490. The Labute approximate surface area is 124 Å². The molecule has 0 bridgehead atoms. The maximum atomic E-state index is 6.61. The second kappa shape index (κ2) is 8.64. The first-order chi connectivity index (χ1) is 9.06. The second-order valence-electron chi connectivity index (χ2n) is 5.84. The van der Waals surface area contributed by atoms with Crippen LogP contribution in [-0.2, 0) is 0 Å². The van der Waals surface area contributed by atoms with Gasteiger partial charge in [-0.15, -0.1) is 11.6 Å². The summed E-state index contributed by atoms with van der Waals surface area (Å²) >= 11 is 6.61. The van der Waals surface area contributed by atoms with E-state index < -0.39 is 0 Å². The predicted molar refractivity (Wildman–Crippen MR) is 87.2 cm³/mol. The first-order valence-electron chi connectivity index (χ1n) is 7.78. The fourth-order valence-corrected chi connectivity index (χ4v) is 3.43. The van der Waals surface area contributed by atoms with Crippen molar-refractivity contribution in [1.29, 1.82) is 0 Å². The van der Waals surface area contributed by atoms with Crippen molar-refractivity contribution in [3.05, 3.63) is 34.4 Å². The molecule has 1 rings (SSSR count). The van der Waals surface area contributed by atoms with E-state index in [-0.39, 0.29) is 5.38 Å². The zero-order chi connectivity index (χ0) is 14.3. The molecule has 0 aliphatic carbocycles. The number of rotatable bonds is 8. The number of unbranched alkanes of at least 4 members (excludes halogenated alkanes) is 5. The summed E-state index contributed by atoms with van der Waals surface area (Å²) in [6.07, 6.45) is 9.13. The number of aryl methyl sites for hydroxylation is 3. The van der Waals surface area contributed by atoms with Gasteiger partial charge in [0.2, 0.25) is 0 Å². The molecule has 0 fully saturated rings. The van der Waals surface area contributed by atoms with Crippen LogP contribution in [0, 0.1) is 20.8 Å². The third-order valence-electron chi connectivity index (χ3n) is 3.86. The van der Waals surface area contributed by atoms with E-state index in [0.29, 0.717) is 0 Å². The molecule has 19 heavy (non-hydrogen) atoms. The highest BCUT2D eigenvalue weighted by atomic mass is 35.5. The normalized spacial score (nSPS) is 12.7. The van der Waals surface area contributed by atoms with Crippen molar-refractivity contribution >= 4 is 11.6 Å². The molecule has 1 aromatic carbocycles. The van der Waals surface area contributed by atoms with E-state index in [1.54, 1.807) is 0 Å². The van der Waals surface area contributed by atoms with Gasteiger partial charge in [0, 0.05) is 0 Å². The molecule has 0 N–H and O–H groups in total. The molecule has 0 heterocycles. The Balaban J connectivity index is 2.43. The van der Waals surface area contributed by atoms with Gasteiger partial charge in [-0.2, -0.15) is 0 Å². The van der Waals surface area contributed by atoms with E-state index >= 15 is 0 Å². The molecule has 0 amide bonds. The molecule has 108 valence electrons. The van der Waals surface area contributed by atoms with E-state index in [1.807, 2.05) is 0 Å². The van der Waals surface area contributed by atoms with Crippen molar-refractivity contribution in [3.8, 4) is 0 Å². The molecule has 0 aliphatic heterocycles. The van der Waals surface area contributed by atoms with E-state index in [1.165, 1.54) is 60.8 Å². The standard InChI is InChI=1S/C18H29Cl/c1-5-6-7-8-9-10-11-17(19)18-15(3)12-14(2)13-16(18)4/h12-13,17H,5-11H2,1-4H3. The van der Waals surface area contributed by atoms with Crippen molar-refractivity contribution in [1.82, 2.24) is 0 Å². The maximum absolute atomic E-state index is 6.61. The van der Waals surface area contributed by atoms with Gasteiger partial charge in [-0.05, 0) is 43.9 Å². The van der Waals surface area contributed by atoms with Crippen LogP contribution in [0.15, 0.2) is 12.1 Å². The largest absolute Gasteiger partial charge is 0.118 e. The lowest BCUT2D eigenvalue weighted by Crippen LogP contribution is -1.99. The smallest absolute Gasteiger partial charge is 0.0590 e. The predicted octanol–water partition coefficient (Wildman–Crippen LogP) is 6.64. The minimum Gasteiger partial charge on any atom is -0.118 e. The minimum absolute atomic E-state index is 0.187. The van der Waals surface area contributed by atoms with Gasteiger partial charge in [-0.1, -0.05) is 63.1 Å². The summed E-state index contributed by atoms with van der Waals surface area (Å²) in [5.74, 6) is 0. The van der Waals surface area contributed by atoms with Crippen LogP contribution in [0.5, 0.6) is 0 Å². The highest BCUT2D eigenvalue weighted by Gasteiger charge is 2.13. The molecule has 1 atom stereocenters. The lowest BCUT2D eigenvalue weighted by atomic mass is 9.94. The molecule has 0 saturated carbocycles.